The Labute approximate surface area is 138 Å². The van der Waals surface area contributed by atoms with Crippen LogP contribution in [0.25, 0.3) is 0 Å². The Morgan fingerprint density at radius 2 is 2.00 bits per heavy atom. The first-order chi connectivity index (χ1) is 10.0. The number of benzene rings is 2. The molecule has 0 aliphatic heterocycles. The molecule has 0 radical (unpaired) electrons. The summed E-state index contributed by atoms with van der Waals surface area (Å²) in [7, 11) is 0. The molecule has 0 unspecified atom stereocenters. The van der Waals surface area contributed by atoms with Crippen molar-refractivity contribution >= 4 is 43.5 Å². The third-order valence-corrected chi connectivity index (χ3v) is 4.10. The maximum atomic E-state index is 10.9. The van der Waals surface area contributed by atoms with Crippen LogP contribution in [-0.4, -0.2) is 11.1 Å². The van der Waals surface area contributed by atoms with Crippen LogP contribution in [0.1, 0.15) is 21.5 Å². The van der Waals surface area contributed by atoms with Crippen LogP contribution in [0.4, 0.5) is 5.69 Å². The third-order valence-electron chi connectivity index (χ3n) is 2.87. The summed E-state index contributed by atoms with van der Waals surface area (Å²) in [5.74, 6) is -0.964. The van der Waals surface area contributed by atoms with Crippen molar-refractivity contribution in [3.63, 3.8) is 0 Å². The lowest BCUT2D eigenvalue weighted by molar-refractivity contribution is 0.0697. The second-order valence-electron chi connectivity index (χ2n) is 4.27. The molecule has 0 saturated carbocycles. The molecule has 6 heteroatoms. The zero-order valence-corrected chi connectivity index (χ0v) is 13.9. The predicted molar refractivity (Wildman–Crippen MR) is 87.3 cm³/mol. The Hall–Kier alpha value is -1.84. The van der Waals surface area contributed by atoms with Crippen molar-refractivity contribution in [1.29, 1.82) is 5.26 Å². The molecule has 0 spiro atoms. The molecular formula is C15H10Br2N2O2. The highest BCUT2D eigenvalue weighted by Gasteiger charge is 2.08. The summed E-state index contributed by atoms with van der Waals surface area (Å²) in [5, 5.41) is 21.2. The van der Waals surface area contributed by atoms with Crippen molar-refractivity contribution in [3.05, 3.63) is 62.0 Å². The van der Waals surface area contributed by atoms with E-state index in [9.17, 15) is 4.79 Å². The lowest BCUT2D eigenvalue weighted by Gasteiger charge is -2.10. The van der Waals surface area contributed by atoms with Crippen LogP contribution in [0, 0.1) is 11.3 Å². The first-order valence-corrected chi connectivity index (χ1v) is 7.55. The molecule has 0 aliphatic carbocycles. The van der Waals surface area contributed by atoms with Crippen LogP contribution in [0.3, 0.4) is 0 Å². The maximum absolute atomic E-state index is 10.9. The number of nitrogens with one attached hydrogen (secondary N) is 1. The van der Waals surface area contributed by atoms with Gasteiger partial charge in [0, 0.05) is 15.5 Å². The number of nitrogens with zero attached hydrogens (tertiary/aromatic N) is 1. The smallest absolute Gasteiger partial charge is 0.335 e. The molecular weight excluding hydrogens is 400 g/mol. The number of hydrogen-bond donors (Lipinski definition) is 2. The Bertz CT molecular complexity index is 739. The maximum Gasteiger partial charge on any atom is 0.335 e. The Morgan fingerprint density at radius 1 is 1.24 bits per heavy atom. The number of rotatable bonds is 4. The molecule has 4 nitrogen and oxygen atoms in total. The molecule has 0 fully saturated rings. The van der Waals surface area contributed by atoms with Crippen LogP contribution in [-0.2, 0) is 6.54 Å². The molecule has 0 aliphatic rings. The molecule has 106 valence electrons. The minimum atomic E-state index is -0.964. The van der Waals surface area contributed by atoms with Crippen LogP contribution in [0.5, 0.6) is 0 Å². The van der Waals surface area contributed by atoms with Crippen molar-refractivity contribution in [2.45, 2.75) is 6.54 Å². The lowest BCUT2D eigenvalue weighted by atomic mass is 10.1. The van der Waals surface area contributed by atoms with E-state index in [1.165, 1.54) is 0 Å². The summed E-state index contributed by atoms with van der Waals surface area (Å²) in [4.78, 5) is 10.9. The van der Waals surface area contributed by atoms with E-state index in [1.54, 1.807) is 30.3 Å². The quantitative estimate of drug-likeness (QED) is 0.785. The number of carbonyl (C=O) groups is 1. The van der Waals surface area contributed by atoms with Gasteiger partial charge in [-0.3, -0.25) is 0 Å². The van der Waals surface area contributed by atoms with Gasteiger partial charge in [0.2, 0.25) is 0 Å². The van der Waals surface area contributed by atoms with E-state index in [0.717, 1.165) is 15.7 Å². The molecule has 0 saturated heterocycles. The van der Waals surface area contributed by atoms with E-state index in [4.69, 9.17) is 10.4 Å². The first kappa shape index (κ1) is 15.5. The van der Waals surface area contributed by atoms with Crippen molar-refractivity contribution in [3.8, 4) is 6.07 Å². The van der Waals surface area contributed by atoms with Crippen molar-refractivity contribution in [1.82, 2.24) is 0 Å². The summed E-state index contributed by atoms with van der Waals surface area (Å²) in [5.41, 5.74) is 2.41. The predicted octanol–water partition coefficient (Wildman–Crippen LogP) is 4.39. The molecule has 0 bridgehead atoms. The van der Waals surface area contributed by atoms with Crippen molar-refractivity contribution < 1.29 is 9.90 Å². The average Bonchev–Trinajstić information content (AvgIpc) is 2.46. The normalized spacial score (nSPS) is 9.95. The highest BCUT2D eigenvalue weighted by atomic mass is 79.9. The van der Waals surface area contributed by atoms with Crippen LogP contribution < -0.4 is 5.32 Å². The fourth-order valence-corrected chi connectivity index (χ4v) is 2.65. The monoisotopic (exact) mass is 408 g/mol. The lowest BCUT2D eigenvalue weighted by Crippen LogP contribution is -2.03. The molecule has 2 rings (SSSR count). The molecule has 0 heterocycles. The van der Waals surface area contributed by atoms with Gasteiger partial charge in [-0.05, 0) is 35.9 Å². The van der Waals surface area contributed by atoms with Gasteiger partial charge < -0.3 is 10.4 Å². The van der Waals surface area contributed by atoms with Crippen LogP contribution in [0.2, 0.25) is 0 Å². The summed E-state index contributed by atoms with van der Waals surface area (Å²) >= 11 is 6.73. The van der Waals surface area contributed by atoms with Gasteiger partial charge in [0.1, 0.15) is 6.07 Å². The second-order valence-corrected chi connectivity index (χ2v) is 6.04. The fourth-order valence-electron chi connectivity index (χ4n) is 1.77. The van der Waals surface area contributed by atoms with E-state index in [0.29, 0.717) is 16.6 Å². The summed E-state index contributed by atoms with van der Waals surface area (Å²) < 4.78 is 1.59. The summed E-state index contributed by atoms with van der Waals surface area (Å²) in [6, 6.07) is 12.3. The molecule has 2 aromatic carbocycles. The second kappa shape index (κ2) is 6.74. The van der Waals surface area contributed by atoms with Gasteiger partial charge >= 0.3 is 5.97 Å². The molecule has 0 amide bonds. The largest absolute Gasteiger partial charge is 0.478 e. The Morgan fingerprint density at radius 3 is 2.62 bits per heavy atom. The van der Waals surface area contributed by atoms with E-state index < -0.39 is 5.97 Å². The van der Waals surface area contributed by atoms with Crippen molar-refractivity contribution in [2.24, 2.45) is 0 Å². The third kappa shape index (κ3) is 3.84. The Kier molecular flexibility index (Phi) is 4.99. The Balaban J connectivity index is 2.19. The highest BCUT2D eigenvalue weighted by Crippen LogP contribution is 2.24. The number of aromatic carboxylic acids is 1. The number of nitriles is 1. The van der Waals surface area contributed by atoms with Gasteiger partial charge in [0.25, 0.3) is 0 Å². The van der Waals surface area contributed by atoms with Crippen molar-refractivity contribution in [2.75, 3.05) is 5.32 Å². The van der Waals surface area contributed by atoms with E-state index in [1.807, 2.05) is 6.07 Å². The molecule has 2 aromatic rings. The fraction of sp³-hybridized carbons (Fsp3) is 0.0667. The van der Waals surface area contributed by atoms with E-state index in [2.05, 4.69) is 43.2 Å². The first-order valence-electron chi connectivity index (χ1n) is 5.96. The molecule has 2 N–H and O–H groups in total. The minimum absolute atomic E-state index is 0.228. The number of anilines is 1. The number of halogens is 2. The highest BCUT2D eigenvalue weighted by molar-refractivity contribution is 9.10. The van der Waals surface area contributed by atoms with E-state index in [-0.39, 0.29) is 5.56 Å². The average molecular weight is 410 g/mol. The van der Waals surface area contributed by atoms with Gasteiger partial charge in [0.15, 0.2) is 0 Å². The minimum Gasteiger partial charge on any atom is -0.478 e. The van der Waals surface area contributed by atoms with Gasteiger partial charge in [0.05, 0.1) is 16.8 Å². The van der Waals surface area contributed by atoms with Gasteiger partial charge in [-0.1, -0.05) is 37.9 Å². The summed E-state index contributed by atoms with van der Waals surface area (Å²) in [6.07, 6.45) is 0. The topological polar surface area (TPSA) is 73.1 Å². The number of carboxylic acid groups (broad SMARTS) is 1. The van der Waals surface area contributed by atoms with E-state index >= 15 is 0 Å². The van der Waals surface area contributed by atoms with Gasteiger partial charge in [-0.15, -0.1) is 0 Å². The summed E-state index contributed by atoms with van der Waals surface area (Å²) in [6.45, 7) is 0.478. The molecule has 0 aromatic heterocycles. The van der Waals surface area contributed by atoms with Gasteiger partial charge in [-0.25, -0.2) is 4.79 Å². The van der Waals surface area contributed by atoms with Crippen LogP contribution in [0.15, 0.2) is 45.3 Å². The number of carboxylic acids is 1. The molecule has 0 atom stereocenters. The SMILES string of the molecule is N#Cc1ccc(Br)cc1NCc1ccc(C(=O)O)cc1Br. The zero-order valence-electron chi connectivity index (χ0n) is 10.7. The standard InChI is InChI=1S/C15H10Br2N2O2/c16-12-4-3-10(7-18)14(6-12)19-8-11-2-1-9(15(20)21)5-13(11)17/h1-6,19H,8H2,(H,20,21). The van der Waals surface area contributed by atoms with Gasteiger partial charge in [-0.2, -0.15) is 5.26 Å². The number of hydrogen-bond acceptors (Lipinski definition) is 3. The zero-order chi connectivity index (χ0) is 15.4. The molecule has 21 heavy (non-hydrogen) atoms. The van der Waals surface area contributed by atoms with Crippen LogP contribution >= 0.6 is 31.9 Å².